The van der Waals surface area contributed by atoms with Gasteiger partial charge in [-0.3, -0.25) is 4.98 Å². The van der Waals surface area contributed by atoms with Gasteiger partial charge in [-0.1, -0.05) is 31.4 Å². The smallest absolute Gasteiger partial charge is 0.337 e. The largest absolute Gasteiger partial charge is 0.478 e. The Morgan fingerprint density at radius 1 is 1.10 bits per heavy atom. The number of aromatic carboxylic acids is 1. The highest BCUT2D eigenvalue weighted by Crippen LogP contribution is 2.40. The van der Waals surface area contributed by atoms with Crippen LogP contribution in [0.25, 0.3) is 10.9 Å². The van der Waals surface area contributed by atoms with E-state index in [1.165, 1.54) is 43.0 Å². The molecule has 0 atom stereocenters. The maximum absolute atomic E-state index is 11.9. The minimum atomic E-state index is -0.878. The molecule has 4 nitrogen and oxygen atoms in total. The minimum Gasteiger partial charge on any atom is -0.478 e. The summed E-state index contributed by atoms with van der Waals surface area (Å²) in [6.07, 6.45) is 13.7. The normalized spacial score (nSPS) is 17.7. The molecule has 0 spiro atoms. The Morgan fingerprint density at radius 3 is 2.69 bits per heavy atom. The molecular formula is C25H28N2O2. The number of carboxylic acids is 1. The van der Waals surface area contributed by atoms with E-state index in [4.69, 9.17) is 0 Å². The molecule has 2 aromatic heterocycles. The van der Waals surface area contributed by atoms with Gasteiger partial charge in [0.25, 0.3) is 0 Å². The maximum Gasteiger partial charge on any atom is 0.337 e. The fourth-order valence-electron chi connectivity index (χ4n) is 4.90. The molecule has 3 aromatic rings. The third kappa shape index (κ3) is 3.81. The molecular weight excluding hydrogens is 360 g/mol. The van der Waals surface area contributed by atoms with Crippen LogP contribution >= 0.6 is 0 Å². The van der Waals surface area contributed by atoms with Crippen LogP contribution in [0, 0.1) is 5.92 Å². The summed E-state index contributed by atoms with van der Waals surface area (Å²) in [7, 11) is 0. The second kappa shape index (κ2) is 7.66. The number of fused-ring (bicyclic) bond motifs is 1. The lowest BCUT2D eigenvalue weighted by Gasteiger charge is -2.22. The van der Waals surface area contributed by atoms with Crippen molar-refractivity contribution in [2.24, 2.45) is 5.92 Å². The highest BCUT2D eigenvalue weighted by molar-refractivity contribution is 5.90. The first kappa shape index (κ1) is 18.4. The highest BCUT2D eigenvalue weighted by atomic mass is 16.4. The van der Waals surface area contributed by atoms with Crippen molar-refractivity contribution in [3.8, 4) is 0 Å². The summed E-state index contributed by atoms with van der Waals surface area (Å²) >= 11 is 0. The van der Waals surface area contributed by atoms with Gasteiger partial charge >= 0.3 is 5.97 Å². The van der Waals surface area contributed by atoms with Crippen molar-refractivity contribution in [3.05, 3.63) is 65.1 Å². The van der Waals surface area contributed by atoms with E-state index in [0.717, 1.165) is 36.4 Å². The van der Waals surface area contributed by atoms with E-state index >= 15 is 0 Å². The van der Waals surface area contributed by atoms with Crippen LogP contribution in [0.15, 0.2) is 42.7 Å². The average molecular weight is 389 g/mol. The predicted octanol–water partition coefficient (Wildman–Crippen LogP) is 5.78. The molecule has 0 amide bonds. The first-order valence-corrected chi connectivity index (χ1v) is 11.0. The molecule has 2 heterocycles. The van der Waals surface area contributed by atoms with Gasteiger partial charge in [-0.15, -0.1) is 0 Å². The van der Waals surface area contributed by atoms with Crippen molar-refractivity contribution in [1.29, 1.82) is 0 Å². The van der Waals surface area contributed by atoms with E-state index in [1.807, 2.05) is 12.3 Å². The zero-order chi connectivity index (χ0) is 19.8. The van der Waals surface area contributed by atoms with Crippen molar-refractivity contribution in [2.45, 2.75) is 63.8 Å². The average Bonchev–Trinajstić information content (AvgIpc) is 3.51. The summed E-state index contributed by atoms with van der Waals surface area (Å²) in [5.41, 5.74) is 4.49. The quantitative estimate of drug-likeness (QED) is 0.582. The van der Waals surface area contributed by atoms with E-state index < -0.39 is 5.97 Å². The van der Waals surface area contributed by atoms with Crippen LogP contribution in [-0.2, 0) is 13.0 Å². The van der Waals surface area contributed by atoms with Crippen LogP contribution in [0.1, 0.15) is 78.0 Å². The summed E-state index contributed by atoms with van der Waals surface area (Å²) < 4.78 is 2.39. The lowest BCUT2D eigenvalue weighted by Crippen LogP contribution is -2.13. The number of pyridine rings is 1. The van der Waals surface area contributed by atoms with Gasteiger partial charge in [-0.2, -0.15) is 0 Å². The van der Waals surface area contributed by atoms with Gasteiger partial charge < -0.3 is 9.67 Å². The fourth-order valence-corrected chi connectivity index (χ4v) is 4.90. The molecule has 0 saturated heterocycles. The second-order valence-electron chi connectivity index (χ2n) is 8.84. The van der Waals surface area contributed by atoms with Gasteiger partial charge in [0.05, 0.1) is 11.3 Å². The minimum absolute atomic E-state index is 0.355. The Balaban J connectivity index is 1.44. The van der Waals surface area contributed by atoms with Crippen LogP contribution in [0.2, 0.25) is 0 Å². The molecule has 0 bridgehead atoms. The number of nitrogens with zero attached hydrogens (tertiary/aromatic N) is 2. The lowest BCUT2D eigenvalue weighted by atomic mass is 9.89. The molecule has 0 aliphatic heterocycles. The fraction of sp³-hybridized carbons (Fsp3) is 0.440. The number of aromatic nitrogens is 2. The molecule has 1 aromatic carbocycles. The van der Waals surface area contributed by atoms with Gasteiger partial charge in [-0.05, 0) is 66.8 Å². The van der Waals surface area contributed by atoms with E-state index in [-0.39, 0.29) is 0 Å². The van der Waals surface area contributed by atoms with Gasteiger partial charge in [0.1, 0.15) is 0 Å². The monoisotopic (exact) mass is 388 g/mol. The molecule has 2 aliphatic rings. The zero-order valence-electron chi connectivity index (χ0n) is 16.8. The molecule has 29 heavy (non-hydrogen) atoms. The third-order valence-corrected chi connectivity index (χ3v) is 6.71. The van der Waals surface area contributed by atoms with Crippen molar-refractivity contribution >= 4 is 16.9 Å². The second-order valence-corrected chi connectivity index (χ2v) is 8.84. The van der Waals surface area contributed by atoms with Crippen molar-refractivity contribution < 1.29 is 9.90 Å². The van der Waals surface area contributed by atoms with E-state index in [0.29, 0.717) is 23.6 Å². The molecule has 2 saturated carbocycles. The molecule has 2 aliphatic carbocycles. The summed E-state index contributed by atoms with van der Waals surface area (Å²) in [4.78, 5) is 16.4. The molecule has 0 radical (unpaired) electrons. The van der Waals surface area contributed by atoms with E-state index in [2.05, 4.69) is 40.0 Å². The molecule has 5 rings (SSSR count). The molecule has 150 valence electrons. The maximum atomic E-state index is 11.9. The third-order valence-electron chi connectivity index (χ3n) is 6.71. The summed E-state index contributed by atoms with van der Waals surface area (Å²) in [5, 5.41) is 10.9. The van der Waals surface area contributed by atoms with Crippen LogP contribution in [-0.4, -0.2) is 20.6 Å². The number of hydrogen-bond acceptors (Lipinski definition) is 2. The highest BCUT2D eigenvalue weighted by Gasteiger charge is 2.26. The molecule has 0 unspecified atom stereocenters. The molecule has 1 N–H and O–H groups in total. The number of hydrogen-bond donors (Lipinski definition) is 1. The van der Waals surface area contributed by atoms with Crippen LogP contribution in [0.3, 0.4) is 0 Å². The Labute approximate surface area is 171 Å². The summed E-state index contributed by atoms with van der Waals surface area (Å²) in [6, 6.07) is 10.4. The Bertz CT molecular complexity index is 1040. The Kier molecular flexibility index (Phi) is 4.86. The van der Waals surface area contributed by atoms with Crippen molar-refractivity contribution in [2.75, 3.05) is 0 Å². The predicted molar refractivity (Wildman–Crippen MR) is 114 cm³/mol. The SMILES string of the molecule is O=C(O)c1cc(C2CC2)cnc1Cc1cccc2c1ccn2CC1CCCCC1. The lowest BCUT2D eigenvalue weighted by molar-refractivity contribution is 0.0695. The Hall–Kier alpha value is -2.62. The van der Waals surface area contributed by atoms with Gasteiger partial charge in [0.15, 0.2) is 0 Å². The van der Waals surface area contributed by atoms with Gasteiger partial charge in [0.2, 0.25) is 0 Å². The van der Waals surface area contributed by atoms with Gasteiger partial charge in [-0.25, -0.2) is 4.79 Å². The van der Waals surface area contributed by atoms with E-state index in [1.54, 1.807) is 0 Å². The first-order chi connectivity index (χ1) is 14.2. The summed E-state index contributed by atoms with van der Waals surface area (Å²) in [5.74, 6) is 0.405. The van der Waals surface area contributed by atoms with Gasteiger partial charge in [0, 0.05) is 36.3 Å². The molecule has 2 fully saturated rings. The molecule has 4 heteroatoms. The zero-order valence-corrected chi connectivity index (χ0v) is 16.8. The summed E-state index contributed by atoms with van der Waals surface area (Å²) in [6.45, 7) is 1.08. The topological polar surface area (TPSA) is 55.1 Å². The van der Waals surface area contributed by atoms with Crippen molar-refractivity contribution in [3.63, 3.8) is 0 Å². The Morgan fingerprint density at radius 2 is 1.93 bits per heavy atom. The van der Waals surface area contributed by atoms with Crippen LogP contribution in [0.5, 0.6) is 0 Å². The van der Waals surface area contributed by atoms with Crippen molar-refractivity contribution in [1.82, 2.24) is 9.55 Å². The number of carboxylic acid groups (broad SMARTS) is 1. The standard InChI is InChI=1S/C25H28N2O2/c28-25(29)22-13-20(18-9-10-18)15-26-23(22)14-19-7-4-8-24-21(19)11-12-27(24)16-17-5-2-1-3-6-17/h4,7-8,11-13,15,17-18H,1-3,5-6,9-10,14,16H2,(H,28,29). The number of rotatable bonds is 6. The first-order valence-electron chi connectivity index (χ1n) is 11.0. The van der Waals surface area contributed by atoms with E-state index in [9.17, 15) is 9.90 Å². The van der Waals surface area contributed by atoms with Crippen LogP contribution < -0.4 is 0 Å². The number of carbonyl (C=O) groups is 1. The number of benzene rings is 1. The van der Waals surface area contributed by atoms with Crippen LogP contribution in [0.4, 0.5) is 0 Å².